The molecule has 118 valence electrons. The van der Waals surface area contributed by atoms with Crippen LogP contribution in [0, 0.1) is 6.92 Å². The second-order valence-electron chi connectivity index (χ2n) is 4.57. The number of sulfonamides is 1. The zero-order valence-electron chi connectivity index (χ0n) is 12.1. The summed E-state index contributed by atoms with van der Waals surface area (Å²) in [5, 5.41) is 0.499. The molecule has 0 saturated heterocycles. The Morgan fingerprint density at radius 3 is 2.45 bits per heavy atom. The summed E-state index contributed by atoms with van der Waals surface area (Å²) in [6.45, 7) is 3.92. The lowest BCUT2D eigenvalue weighted by atomic mass is 10.2. The molecule has 0 aliphatic heterocycles. The molecule has 1 N–H and O–H groups in total. The molecular formula is C15H15Cl2NO3S. The standard InChI is InChI=1S/C15H15Cl2NO3S/c1-3-21-14-7-5-4-6-13(14)18-22(19,20)15-9-12(17)11(16)8-10(15)2/h4-9,18H,3H2,1-2H3. The van der Waals surface area contributed by atoms with Gasteiger partial charge in [-0.3, -0.25) is 4.72 Å². The quantitative estimate of drug-likeness (QED) is 0.854. The Balaban J connectivity index is 2.43. The summed E-state index contributed by atoms with van der Waals surface area (Å²) >= 11 is 11.8. The smallest absolute Gasteiger partial charge is 0.262 e. The third-order valence-corrected chi connectivity index (χ3v) is 5.17. The molecule has 0 bridgehead atoms. The van der Waals surface area contributed by atoms with Crippen LogP contribution in [-0.4, -0.2) is 15.0 Å². The Morgan fingerprint density at radius 2 is 1.77 bits per heavy atom. The average molecular weight is 360 g/mol. The molecule has 0 aromatic heterocycles. The van der Waals surface area contributed by atoms with Gasteiger partial charge in [-0.2, -0.15) is 0 Å². The molecule has 0 heterocycles. The molecule has 4 nitrogen and oxygen atoms in total. The monoisotopic (exact) mass is 359 g/mol. The van der Waals surface area contributed by atoms with Gasteiger partial charge >= 0.3 is 0 Å². The van der Waals surface area contributed by atoms with E-state index < -0.39 is 10.0 Å². The molecule has 7 heteroatoms. The third-order valence-electron chi connectivity index (χ3n) is 2.94. The first-order valence-corrected chi connectivity index (χ1v) is 8.79. The van der Waals surface area contributed by atoms with Crippen LogP contribution in [0.1, 0.15) is 12.5 Å². The van der Waals surface area contributed by atoms with Crippen LogP contribution >= 0.6 is 23.2 Å². The zero-order valence-corrected chi connectivity index (χ0v) is 14.4. The number of anilines is 1. The molecule has 0 unspecified atom stereocenters. The van der Waals surface area contributed by atoms with Crippen molar-refractivity contribution in [1.29, 1.82) is 0 Å². The third kappa shape index (κ3) is 3.66. The van der Waals surface area contributed by atoms with Gasteiger partial charge in [0.1, 0.15) is 5.75 Å². The normalized spacial score (nSPS) is 11.3. The Morgan fingerprint density at radius 1 is 1.14 bits per heavy atom. The number of para-hydroxylation sites is 2. The predicted octanol–water partition coefficient (Wildman–Crippen LogP) is 4.50. The van der Waals surface area contributed by atoms with Crippen LogP contribution in [-0.2, 0) is 10.0 Å². The number of halogens is 2. The number of rotatable bonds is 5. The molecule has 0 amide bonds. The van der Waals surface area contributed by atoms with Gasteiger partial charge in [0.15, 0.2) is 0 Å². The summed E-state index contributed by atoms with van der Waals surface area (Å²) in [7, 11) is -3.80. The number of ether oxygens (including phenoxy) is 1. The average Bonchev–Trinajstić information content (AvgIpc) is 2.45. The molecule has 2 aromatic rings. The Kier molecular flexibility index (Phi) is 5.21. The van der Waals surface area contributed by atoms with Crippen molar-refractivity contribution in [2.24, 2.45) is 0 Å². The van der Waals surface area contributed by atoms with Crippen molar-refractivity contribution in [3.8, 4) is 5.75 Å². The highest BCUT2D eigenvalue weighted by atomic mass is 35.5. The van der Waals surface area contributed by atoms with Crippen molar-refractivity contribution in [2.45, 2.75) is 18.7 Å². The van der Waals surface area contributed by atoms with Crippen LogP contribution in [0.2, 0.25) is 10.0 Å². The Bertz CT molecular complexity index is 791. The Hall–Kier alpha value is -1.43. The summed E-state index contributed by atoms with van der Waals surface area (Å²) in [6, 6.07) is 9.69. The SMILES string of the molecule is CCOc1ccccc1NS(=O)(=O)c1cc(Cl)c(Cl)cc1C. The molecule has 0 spiro atoms. The van der Waals surface area contributed by atoms with E-state index in [1.54, 1.807) is 31.2 Å². The first kappa shape index (κ1) is 16.9. The first-order valence-electron chi connectivity index (χ1n) is 6.55. The molecule has 2 aromatic carbocycles. The van der Waals surface area contributed by atoms with Crippen LogP contribution < -0.4 is 9.46 Å². The fraction of sp³-hybridized carbons (Fsp3) is 0.200. The fourth-order valence-electron chi connectivity index (χ4n) is 1.95. The molecular weight excluding hydrogens is 345 g/mol. The summed E-state index contributed by atoms with van der Waals surface area (Å²) in [4.78, 5) is 0.0770. The molecule has 2 rings (SSSR count). The number of benzene rings is 2. The fourth-order valence-corrected chi connectivity index (χ4v) is 3.72. The van der Waals surface area contributed by atoms with Gasteiger partial charge in [0.2, 0.25) is 0 Å². The summed E-state index contributed by atoms with van der Waals surface area (Å²) in [6.07, 6.45) is 0. The van der Waals surface area contributed by atoms with E-state index in [1.807, 2.05) is 6.92 Å². The van der Waals surface area contributed by atoms with Gasteiger partial charge in [-0.1, -0.05) is 35.3 Å². The van der Waals surface area contributed by atoms with E-state index in [4.69, 9.17) is 27.9 Å². The van der Waals surface area contributed by atoms with E-state index in [0.717, 1.165) is 0 Å². The van der Waals surface area contributed by atoms with E-state index >= 15 is 0 Å². The van der Waals surface area contributed by atoms with E-state index in [2.05, 4.69) is 4.72 Å². The van der Waals surface area contributed by atoms with Crippen molar-refractivity contribution in [3.63, 3.8) is 0 Å². The highest BCUT2D eigenvalue weighted by molar-refractivity contribution is 7.92. The van der Waals surface area contributed by atoms with Crippen LogP contribution in [0.15, 0.2) is 41.3 Å². The van der Waals surface area contributed by atoms with Crippen LogP contribution in [0.25, 0.3) is 0 Å². The number of aryl methyl sites for hydroxylation is 1. The molecule has 0 aliphatic rings. The first-order chi connectivity index (χ1) is 10.3. The highest BCUT2D eigenvalue weighted by Crippen LogP contribution is 2.31. The maximum atomic E-state index is 12.6. The van der Waals surface area contributed by atoms with Crippen molar-refractivity contribution in [2.75, 3.05) is 11.3 Å². The number of hydrogen-bond donors (Lipinski definition) is 1. The molecule has 0 aliphatic carbocycles. The van der Waals surface area contributed by atoms with Crippen molar-refractivity contribution in [3.05, 3.63) is 52.0 Å². The van der Waals surface area contributed by atoms with Gasteiger partial charge in [-0.25, -0.2) is 8.42 Å². The lowest BCUT2D eigenvalue weighted by Crippen LogP contribution is -2.15. The summed E-state index contributed by atoms with van der Waals surface area (Å²) in [5.41, 5.74) is 0.880. The van der Waals surface area contributed by atoms with E-state index in [-0.39, 0.29) is 9.92 Å². The second-order valence-corrected chi connectivity index (χ2v) is 7.03. The van der Waals surface area contributed by atoms with Gasteiger partial charge < -0.3 is 4.74 Å². The predicted molar refractivity (Wildman–Crippen MR) is 89.6 cm³/mol. The van der Waals surface area contributed by atoms with Gasteiger partial charge in [-0.15, -0.1) is 0 Å². The van der Waals surface area contributed by atoms with Crippen molar-refractivity contribution in [1.82, 2.24) is 0 Å². The maximum Gasteiger partial charge on any atom is 0.262 e. The summed E-state index contributed by atoms with van der Waals surface area (Å²) < 4.78 is 33.1. The van der Waals surface area contributed by atoms with Crippen LogP contribution in [0.4, 0.5) is 5.69 Å². The highest BCUT2D eigenvalue weighted by Gasteiger charge is 2.20. The minimum Gasteiger partial charge on any atom is -0.492 e. The van der Waals surface area contributed by atoms with Gasteiger partial charge in [0.25, 0.3) is 10.0 Å². The lowest BCUT2D eigenvalue weighted by molar-refractivity contribution is 0.342. The van der Waals surface area contributed by atoms with Gasteiger partial charge in [0.05, 0.1) is 27.2 Å². The molecule has 0 saturated carbocycles. The second kappa shape index (κ2) is 6.77. The topological polar surface area (TPSA) is 55.4 Å². The number of nitrogens with one attached hydrogen (secondary N) is 1. The largest absolute Gasteiger partial charge is 0.492 e. The number of hydrogen-bond acceptors (Lipinski definition) is 3. The van der Waals surface area contributed by atoms with Gasteiger partial charge in [0, 0.05) is 0 Å². The zero-order chi connectivity index (χ0) is 16.3. The Labute approximate surface area is 140 Å². The van der Waals surface area contributed by atoms with Crippen molar-refractivity contribution >= 4 is 38.9 Å². The van der Waals surface area contributed by atoms with Crippen LogP contribution in [0.3, 0.4) is 0 Å². The van der Waals surface area contributed by atoms with Gasteiger partial charge in [-0.05, 0) is 43.7 Å². The minimum absolute atomic E-state index is 0.0770. The van der Waals surface area contributed by atoms with E-state index in [0.29, 0.717) is 28.6 Å². The molecule has 0 atom stereocenters. The van der Waals surface area contributed by atoms with Crippen molar-refractivity contribution < 1.29 is 13.2 Å². The molecule has 0 fully saturated rings. The molecule has 0 radical (unpaired) electrons. The lowest BCUT2D eigenvalue weighted by Gasteiger charge is -2.14. The minimum atomic E-state index is -3.80. The van der Waals surface area contributed by atoms with E-state index in [1.165, 1.54) is 12.1 Å². The summed E-state index contributed by atoms with van der Waals surface area (Å²) in [5.74, 6) is 0.464. The van der Waals surface area contributed by atoms with E-state index in [9.17, 15) is 8.42 Å². The molecule has 22 heavy (non-hydrogen) atoms. The van der Waals surface area contributed by atoms with Crippen LogP contribution in [0.5, 0.6) is 5.75 Å². The maximum absolute atomic E-state index is 12.6.